The van der Waals surface area contributed by atoms with Crippen LogP contribution in [0.25, 0.3) is 0 Å². The lowest BCUT2D eigenvalue weighted by Crippen LogP contribution is -2.13. The van der Waals surface area contributed by atoms with Crippen molar-refractivity contribution in [3.63, 3.8) is 0 Å². The van der Waals surface area contributed by atoms with Crippen molar-refractivity contribution in [3.8, 4) is 11.5 Å². The minimum absolute atomic E-state index is 0.435. The van der Waals surface area contributed by atoms with Gasteiger partial charge in [-0.15, -0.1) is 0 Å². The zero-order valence-corrected chi connectivity index (χ0v) is 18.2. The zero-order valence-electron chi connectivity index (χ0n) is 16.7. The Labute approximate surface area is 182 Å². The van der Waals surface area contributed by atoms with E-state index in [4.69, 9.17) is 32.7 Å². The second kappa shape index (κ2) is 10.5. The second-order valence-electron chi connectivity index (χ2n) is 6.81. The van der Waals surface area contributed by atoms with Crippen LogP contribution in [-0.4, -0.2) is 6.61 Å². The third-order valence-corrected chi connectivity index (χ3v) is 5.12. The van der Waals surface area contributed by atoms with Gasteiger partial charge in [-0.2, -0.15) is 0 Å². The summed E-state index contributed by atoms with van der Waals surface area (Å²) in [5, 5.41) is 4.70. The van der Waals surface area contributed by atoms with Gasteiger partial charge in [0.05, 0.1) is 11.6 Å². The van der Waals surface area contributed by atoms with E-state index >= 15 is 0 Å². The Morgan fingerprint density at radius 1 is 0.828 bits per heavy atom. The van der Waals surface area contributed by atoms with Gasteiger partial charge in [0, 0.05) is 18.1 Å². The summed E-state index contributed by atoms with van der Waals surface area (Å²) < 4.78 is 11.8. The van der Waals surface area contributed by atoms with E-state index in [1.165, 1.54) is 5.56 Å². The Kier molecular flexibility index (Phi) is 7.82. The fourth-order valence-corrected chi connectivity index (χ4v) is 3.44. The molecule has 0 unspecified atom stereocenters. The standard InChI is InChI=1S/C24H25Cl2NO2/c1-3-28-23-13-19(14-27-15-20-6-4-5-7-21(20)25)12-22(26)24(23)29-16-18-10-8-17(2)9-11-18/h4-13,27H,3,14-16H2,1-2H3. The molecular weight excluding hydrogens is 405 g/mol. The first-order valence-corrected chi connectivity index (χ1v) is 10.4. The Morgan fingerprint density at radius 3 is 2.31 bits per heavy atom. The van der Waals surface area contributed by atoms with Gasteiger partial charge in [-0.25, -0.2) is 0 Å². The zero-order chi connectivity index (χ0) is 20.6. The molecule has 0 aliphatic heterocycles. The predicted molar refractivity (Wildman–Crippen MR) is 120 cm³/mol. The largest absolute Gasteiger partial charge is 0.490 e. The van der Waals surface area contributed by atoms with Crippen molar-refractivity contribution in [1.29, 1.82) is 0 Å². The van der Waals surface area contributed by atoms with Gasteiger partial charge in [0.15, 0.2) is 11.5 Å². The SMILES string of the molecule is CCOc1cc(CNCc2ccccc2Cl)cc(Cl)c1OCc1ccc(C)cc1. The summed E-state index contributed by atoms with van der Waals surface area (Å²) in [7, 11) is 0. The Hall–Kier alpha value is -2.20. The third kappa shape index (κ3) is 6.14. The number of hydrogen-bond donors (Lipinski definition) is 1. The lowest BCUT2D eigenvalue weighted by Gasteiger charge is -2.16. The highest BCUT2D eigenvalue weighted by atomic mass is 35.5. The normalized spacial score (nSPS) is 10.8. The van der Waals surface area contributed by atoms with E-state index in [1.54, 1.807) is 0 Å². The fourth-order valence-electron chi connectivity index (χ4n) is 2.95. The second-order valence-corrected chi connectivity index (χ2v) is 7.62. The topological polar surface area (TPSA) is 30.5 Å². The van der Waals surface area contributed by atoms with Crippen LogP contribution in [0.2, 0.25) is 10.0 Å². The van der Waals surface area contributed by atoms with Gasteiger partial charge in [0.2, 0.25) is 0 Å². The molecule has 0 atom stereocenters. The minimum Gasteiger partial charge on any atom is -0.490 e. The van der Waals surface area contributed by atoms with Gasteiger partial charge in [0.25, 0.3) is 0 Å². The van der Waals surface area contributed by atoms with Crippen LogP contribution in [0.3, 0.4) is 0 Å². The van der Waals surface area contributed by atoms with Crippen LogP contribution in [-0.2, 0) is 19.7 Å². The van der Waals surface area contributed by atoms with Gasteiger partial charge in [-0.3, -0.25) is 0 Å². The van der Waals surface area contributed by atoms with Crippen molar-refractivity contribution in [2.75, 3.05) is 6.61 Å². The van der Waals surface area contributed by atoms with Crippen molar-refractivity contribution in [3.05, 3.63) is 93.0 Å². The first-order valence-electron chi connectivity index (χ1n) is 9.64. The number of halogens is 2. The van der Waals surface area contributed by atoms with Crippen LogP contribution in [0.1, 0.15) is 29.2 Å². The molecule has 29 heavy (non-hydrogen) atoms. The molecule has 0 saturated heterocycles. The Morgan fingerprint density at radius 2 is 1.59 bits per heavy atom. The van der Waals surface area contributed by atoms with Crippen molar-refractivity contribution >= 4 is 23.2 Å². The summed E-state index contributed by atoms with van der Waals surface area (Å²) in [6, 6.07) is 19.9. The maximum absolute atomic E-state index is 6.53. The molecule has 1 N–H and O–H groups in total. The maximum Gasteiger partial charge on any atom is 0.180 e. The molecule has 3 aromatic rings. The highest BCUT2D eigenvalue weighted by molar-refractivity contribution is 6.32. The summed E-state index contributed by atoms with van der Waals surface area (Å²) >= 11 is 12.7. The number of ether oxygens (including phenoxy) is 2. The molecule has 3 nitrogen and oxygen atoms in total. The van der Waals surface area contributed by atoms with Crippen molar-refractivity contribution in [2.45, 2.75) is 33.5 Å². The molecule has 152 valence electrons. The van der Waals surface area contributed by atoms with Gasteiger partial charge >= 0.3 is 0 Å². The summed E-state index contributed by atoms with van der Waals surface area (Å²) in [6.07, 6.45) is 0. The molecule has 0 aliphatic rings. The van der Waals surface area contributed by atoms with E-state index < -0.39 is 0 Å². The summed E-state index contributed by atoms with van der Waals surface area (Å²) in [5.74, 6) is 1.23. The summed E-state index contributed by atoms with van der Waals surface area (Å²) in [6.45, 7) is 6.29. The quantitative estimate of drug-likeness (QED) is 0.417. The smallest absolute Gasteiger partial charge is 0.180 e. The molecule has 0 heterocycles. The van der Waals surface area contributed by atoms with Crippen molar-refractivity contribution in [2.24, 2.45) is 0 Å². The predicted octanol–water partition coefficient (Wildman–Crippen LogP) is 6.57. The average molecular weight is 430 g/mol. The van der Waals surface area contributed by atoms with E-state index in [9.17, 15) is 0 Å². The lowest BCUT2D eigenvalue weighted by atomic mass is 10.1. The lowest BCUT2D eigenvalue weighted by molar-refractivity contribution is 0.269. The highest BCUT2D eigenvalue weighted by Crippen LogP contribution is 2.37. The van der Waals surface area contributed by atoms with Gasteiger partial charge in [-0.1, -0.05) is 71.2 Å². The van der Waals surface area contributed by atoms with E-state index in [-0.39, 0.29) is 0 Å². The van der Waals surface area contributed by atoms with Gasteiger partial charge in [0.1, 0.15) is 6.61 Å². The fraction of sp³-hybridized carbons (Fsp3) is 0.250. The molecule has 0 spiro atoms. The monoisotopic (exact) mass is 429 g/mol. The maximum atomic E-state index is 6.53. The Bertz CT molecular complexity index is 942. The van der Waals surface area contributed by atoms with Crippen LogP contribution in [0.4, 0.5) is 0 Å². The molecule has 0 saturated carbocycles. The van der Waals surface area contributed by atoms with Gasteiger partial charge < -0.3 is 14.8 Å². The van der Waals surface area contributed by atoms with Crippen LogP contribution in [0.15, 0.2) is 60.7 Å². The summed E-state index contributed by atoms with van der Waals surface area (Å²) in [4.78, 5) is 0. The number of hydrogen-bond acceptors (Lipinski definition) is 3. The Balaban J connectivity index is 1.68. The van der Waals surface area contributed by atoms with Crippen molar-refractivity contribution < 1.29 is 9.47 Å². The number of aryl methyl sites for hydroxylation is 1. The van der Waals surface area contributed by atoms with E-state index in [0.29, 0.717) is 42.8 Å². The number of rotatable bonds is 9. The van der Waals surface area contributed by atoms with Crippen molar-refractivity contribution in [1.82, 2.24) is 5.32 Å². The van der Waals surface area contributed by atoms with Crippen LogP contribution in [0, 0.1) is 6.92 Å². The molecule has 0 aromatic heterocycles. The van der Waals surface area contributed by atoms with E-state index in [2.05, 4.69) is 36.5 Å². The van der Waals surface area contributed by atoms with Crippen LogP contribution >= 0.6 is 23.2 Å². The third-order valence-electron chi connectivity index (χ3n) is 4.48. The molecule has 0 radical (unpaired) electrons. The molecule has 3 rings (SSSR count). The van der Waals surface area contributed by atoms with E-state index in [1.807, 2.05) is 43.3 Å². The minimum atomic E-state index is 0.435. The van der Waals surface area contributed by atoms with Crippen LogP contribution < -0.4 is 14.8 Å². The molecule has 0 bridgehead atoms. The first kappa shape index (κ1) is 21.5. The average Bonchev–Trinajstić information content (AvgIpc) is 2.70. The first-order chi connectivity index (χ1) is 14.1. The molecule has 0 aliphatic carbocycles. The molecule has 0 fully saturated rings. The van der Waals surface area contributed by atoms with Crippen LogP contribution in [0.5, 0.6) is 11.5 Å². The molecule has 3 aromatic carbocycles. The van der Waals surface area contributed by atoms with E-state index in [0.717, 1.165) is 21.7 Å². The molecular formula is C24H25Cl2NO2. The number of nitrogens with one attached hydrogen (secondary N) is 1. The number of benzene rings is 3. The van der Waals surface area contributed by atoms with Gasteiger partial charge in [-0.05, 0) is 48.7 Å². The molecule has 5 heteroatoms. The highest BCUT2D eigenvalue weighted by Gasteiger charge is 2.13. The molecule has 0 amide bonds. The summed E-state index contributed by atoms with van der Waals surface area (Å²) in [5.41, 5.74) is 4.38.